The van der Waals surface area contributed by atoms with E-state index in [0.29, 0.717) is 6.42 Å². The van der Waals surface area contributed by atoms with E-state index >= 15 is 0 Å². The molecule has 0 bridgehead atoms. The summed E-state index contributed by atoms with van der Waals surface area (Å²) in [6.07, 6.45) is 3.67. The van der Waals surface area contributed by atoms with Crippen LogP contribution in [0.1, 0.15) is 25.8 Å². The molecule has 0 spiro atoms. The van der Waals surface area contributed by atoms with Crippen LogP contribution in [0.2, 0.25) is 0 Å². The fourth-order valence-corrected chi connectivity index (χ4v) is 2.68. The molecule has 0 saturated carbocycles. The molecule has 1 aromatic rings. The molecule has 0 saturated heterocycles. The first-order chi connectivity index (χ1) is 11.5. The topological polar surface area (TPSA) is 69.7 Å². The zero-order valence-corrected chi connectivity index (χ0v) is 14.5. The third-order valence-corrected chi connectivity index (χ3v) is 4.14. The van der Waals surface area contributed by atoms with Crippen LogP contribution >= 0.6 is 0 Å². The molecule has 1 aromatic carbocycles. The molecule has 0 N–H and O–H groups in total. The average molecular weight is 332 g/mol. The number of carbonyl (C=O) groups excluding carboxylic acids is 3. The molecule has 130 valence electrons. The van der Waals surface area contributed by atoms with E-state index in [1.807, 2.05) is 37.3 Å². The molecule has 0 aliphatic heterocycles. The third-order valence-electron chi connectivity index (χ3n) is 4.14. The Morgan fingerprint density at radius 3 is 2.04 bits per heavy atom. The summed E-state index contributed by atoms with van der Waals surface area (Å²) in [5.41, 5.74) is 0.906. The molecule has 24 heavy (non-hydrogen) atoms. The maximum absolute atomic E-state index is 12.5. The number of ether oxygens (including phenoxy) is 2. The summed E-state index contributed by atoms with van der Waals surface area (Å²) in [4.78, 5) is 36.4. The minimum Gasteiger partial charge on any atom is -0.468 e. The van der Waals surface area contributed by atoms with Gasteiger partial charge in [-0.15, -0.1) is 0 Å². The number of esters is 2. The van der Waals surface area contributed by atoms with E-state index in [9.17, 15) is 14.4 Å². The highest BCUT2D eigenvalue weighted by atomic mass is 16.5. The number of allylic oxidation sites excluding steroid dienone is 1. The fraction of sp³-hybridized carbons (Fsp3) is 0.421. The van der Waals surface area contributed by atoms with Crippen molar-refractivity contribution in [2.45, 2.75) is 20.3 Å². The Morgan fingerprint density at radius 2 is 1.58 bits per heavy atom. The maximum atomic E-state index is 12.5. The minimum absolute atomic E-state index is 0.150. The van der Waals surface area contributed by atoms with Gasteiger partial charge in [0.1, 0.15) is 0 Å². The first-order valence-electron chi connectivity index (χ1n) is 7.88. The van der Waals surface area contributed by atoms with Crippen molar-refractivity contribution in [3.8, 4) is 0 Å². The van der Waals surface area contributed by atoms with E-state index in [1.54, 1.807) is 13.0 Å². The number of methoxy groups -OCH3 is 2. The van der Waals surface area contributed by atoms with Crippen LogP contribution in [-0.4, -0.2) is 31.9 Å². The van der Waals surface area contributed by atoms with Crippen LogP contribution < -0.4 is 0 Å². The summed E-state index contributed by atoms with van der Waals surface area (Å²) < 4.78 is 9.42. The Bertz CT molecular complexity index is 575. The highest BCUT2D eigenvalue weighted by Gasteiger charge is 2.40. The highest BCUT2D eigenvalue weighted by molar-refractivity contribution is 5.98. The molecule has 0 amide bonds. The van der Waals surface area contributed by atoms with Crippen LogP contribution in [-0.2, 0) is 23.9 Å². The summed E-state index contributed by atoms with van der Waals surface area (Å²) in [5, 5.41) is 0. The quantitative estimate of drug-likeness (QED) is 0.416. The summed E-state index contributed by atoms with van der Waals surface area (Å²) in [5.74, 6) is -3.62. The molecule has 2 atom stereocenters. The lowest BCUT2D eigenvalue weighted by Crippen LogP contribution is -2.38. The molecular weight excluding hydrogens is 308 g/mol. The number of hydrogen-bond acceptors (Lipinski definition) is 5. The SMILES string of the molecule is CCC(C(C)C(=O)/C=C/c1ccccc1)C(C(=O)OC)C(=O)OC. The fourth-order valence-electron chi connectivity index (χ4n) is 2.68. The number of benzene rings is 1. The Labute approximate surface area is 142 Å². The van der Waals surface area contributed by atoms with Crippen LogP contribution in [0.3, 0.4) is 0 Å². The number of ketones is 1. The maximum Gasteiger partial charge on any atom is 0.320 e. The van der Waals surface area contributed by atoms with Crippen LogP contribution in [0.15, 0.2) is 36.4 Å². The van der Waals surface area contributed by atoms with Crippen LogP contribution in [0.4, 0.5) is 0 Å². The second-order valence-electron chi connectivity index (χ2n) is 5.53. The number of carbonyl (C=O) groups is 3. The lowest BCUT2D eigenvalue weighted by molar-refractivity contribution is -0.162. The second-order valence-corrected chi connectivity index (χ2v) is 5.53. The Balaban J connectivity index is 2.95. The van der Waals surface area contributed by atoms with Gasteiger partial charge in [0, 0.05) is 5.92 Å². The molecule has 2 unspecified atom stereocenters. The van der Waals surface area contributed by atoms with Gasteiger partial charge in [0.25, 0.3) is 0 Å². The first-order valence-corrected chi connectivity index (χ1v) is 7.88. The summed E-state index contributed by atoms with van der Waals surface area (Å²) in [6.45, 7) is 3.54. The van der Waals surface area contributed by atoms with E-state index in [4.69, 9.17) is 9.47 Å². The molecule has 1 rings (SSSR count). The van der Waals surface area contributed by atoms with Gasteiger partial charge in [-0.2, -0.15) is 0 Å². The third kappa shape index (κ3) is 5.05. The summed E-state index contributed by atoms with van der Waals surface area (Å²) in [6, 6.07) is 9.43. The predicted molar refractivity (Wildman–Crippen MR) is 91.0 cm³/mol. The lowest BCUT2D eigenvalue weighted by atomic mass is 9.78. The van der Waals surface area contributed by atoms with Crippen molar-refractivity contribution < 1.29 is 23.9 Å². The zero-order chi connectivity index (χ0) is 18.1. The first kappa shape index (κ1) is 19.6. The second kappa shape index (κ2) is 9.65. The number of hydrogen-bond donors (Lipinski definition) is 0. The molecule has 0 aliphatic carbocycles. The van der Waals surface area contributed by atoms with Gasteiger partial charge in [0.05, 0.1) is 14.2 Å². The van der Waals surface area contributed by atoms with Gasteiger partial charge in [-0.05, 0) is 17.6 Å². The smallest absolute Gasteiger partial charge is 0.320 e. The van der Waals surface area contributed by atoms with Crippen molar-refractivity contribution in [3.63, 3.8) is 0 Å². The van der Waals surface area contributed by atoms with Gasteiger partial charge < -0.3 is 9.47 Å². The normalized spacial score (nSPS) is 13.5. The van der Waals surface area contributed by atoms with Crippen molar-refractivity contribution in [2.75, 3.05) is 14.2 Å². The minimum atomic E-state index is -1.10. The standard InChI is InChI=1S/C19H24O5/c1-5-15(17(18(21)23-3)19(22)24-4)13(2)16(20)12-11-14-9-7-6-8-10-14/h6-13,15,17H,5H2,1-4H3/b12-11+. The van der Waals surface area contributed by atoms with E-state index in [2.05, 4.69) is 0 Å². The molecule has 0 aromatic heterocycles. The Hall–Kier alpha value is -2.43. The van der Waals surface area contributed by atoms with Gasteiger partial charge in [0.15, 0.2) is 11.7 Å². The Kier molecular flexibility index (Phi) is 7.89. The molecule has 5 nitrogen and oxygen atoms in total. The van der Waals surface area contributed by atoms with E-state index < -0.39 is 29.7 Å². The molecule has 0 radical (unpaired) electrons. The highest BCUT2D eigenvalue weighted by Crippen LogP contribution is 2.28. The Morgan fingerprint density at radius 1 is 1.04 bits per heavy atom. The van der Waals surface area contributed by atoms with Crippen LogP contribution in [0.5, 0.6) is 0 Å². The van der Waals surface area contributed by atoms with Crippen molar-refractivity contribution in [1.29, 1.82) is 0 Å². The van der Waals surface area contributed by atoms with Crippen molar-refractivity contribution >= 4 is 23.8 Å². The van der Waals surface area contributed by atoms with E-state index in [1.165, 1.54) is 20.3 Å². The van der Waals surface area contributed by atoms with Gasteiger partial charge in [-0.1, -0.05) is 56.7 Å². The van der Waals surface area contributed by atoms with Crippen molar-refractivity contribution in [1.82, 2.24) is 0 Å². The number of rotatable bonds is 8. The molecule has 0 aliphatic rings. The van der Waals surface area contributed by atoms with Gasteiger partial charge in [-0.25, -0.2) is 0 Å². The largest absolute Gasteiger partial charge is 0.468 e. The van der Waals surface area contributed by atoms with E-state index in [-0.39, 0.29) is 5.78 Å². The summed E-state index contributed by atoms with van der Waals surface area (Å²) in [7, 11) is 2.43. The molecule has 5 heteroatoms. The molecular formula is C19H24O5. The lowest BCUT2D eigenvalue weighted by Gasteiger charge is -2.26. The zero-order valence-electron chi connectivity index (χ0n) is 14.5. The van der Waals surface area contributed by atoms with Gasteiger partial charge in [-0.3, -0.25) is 14.4 Å². The van der Waals surface area contributed by atoms with Gasteiger partial charge >= 0.3 is 11.9 Å². The van der Waals surface area contributed by atoms with Crippen LogP contribution in [0.25, 0.3) is 6.08 Å². The van der Waals surface area contributed by atoms with Crippen molar-refractivity contribution in [3.05, 3.63) is 42.0 Å². The predicted octanol–water partition coefficient (Wildman–Crippen LogP) is 2.89. The van der Waals surface area contributed by atoms with E-state index in [0.717, 1.165) is 5.56 Å². The monoisotopic (exact) mass is 332 g/mol. The van der Waals surface area contributed by atoms with Gasteiger partial charge in [0.2, 0.25) is 0 Å². The average Bonchev–Trinajstić information content (AvgIpc) is 2.63. The van der Waals surface area contributed by atoms with Crippen LogP contribution in [0, 0.1) is 17.8 Å². The van der Waals surface area contributed by atoms with Crippen molar-refractivity contribution in [2.24, 2.45) is 17.8 Å². The molecule has 0 fully saturated rings. The summed E-state index contributed by atoms with van der Waals surface area (Å²) >= 11 is 0. The molecule has 0 heterocycles.